The molecule has 88 valence electrons. The van der Waals surface area contributed by atoms with E-state index in [1.807, 2.05) is 36.4 Å². The minimum absolute atomic E-state index is 0.238. The number of rotatable bonds is 2. The molecule has 3 aromatic rings. The standard InChI is InChI=1S/C13H10N4O/c14-13(18)10-6-7-17-12(15-10)8-11(16-17)9-4-2-1-3-5-9/h1-8H,(H2,14,18). The largest absolute Gasteiger partial charge is 0.364 e. The highest BCUT2D eigenvalue weighted by Crippen LogP contribution is 2.18. The lowest BCUT2D eigenvalue weighted by Crippen LogP contribution is -2.13. The number of carbonyl (C=O) groups excluding carboxylic acids is 1. The number of nitrogens with two attached hydrogens (primary N) is 1. The number of nitrogens with zero attached hydrogens (tertiary/aromatic N) is 3. The van der Waals surface area contributed by atoms with Crippen LogP contribution in [0.2, 0.25) is 0 Å². The van der Waals surface area contributed by atoms with Crippen molar-refractivity contribution in [1.29, 1.82) is 0 Å². The van der Waals surface area contributed by atoms with Gasteiger partial charge in [-0.2, -0.15) is 5.10 Å². The minimum atomic E-state index is -0.542. The number of primary amides is 1. The second kappa shape index (κ2) is 3.96. The summed E-state index contributed by atoms with van der Waals surface area (Å²) < 4.78 is 1.62. The van der Waals surface area contributed by atoms with Crippen LogP contribution in [-0.4, -0.2) is 20.5 Å². The molecule has 0 radical (unpaired) electrons. The molecule has 0 bridgehead atoms. The fourth-order valence-corrected chi connectivity index (χ4v) is 1.77. The topological polar surface area (TPSA) is 73.3 Å². The number of amides is 1. The van der Waals surface area contributed by atoms with E-state index in [1.165, 1.54) is 0 Å². The first-order chi connectivity index (χ1) is 8.74. The fraction of sp³-hybridized carbons (Fsp3) is 0. The highest BCUT2D eigenvalue weighted by atomic mass is 16.1. The van der Waals surface area contributed by atoms with Gasteiger partial charge in [-0.1, -0.05) is 30.3 Å². The van der Waals surface area contributed by atoms with Crippen LogP contribution in [0.15, 0.2) is 48.7 Å². The SMILES string of the molecule is NC(=O)c1ccn2nc(-c3ccccc3)cc2n1. The maximum absolute atomic E-state index is 11.1. The van der Waals surface area contributed by atoms with Gasteiger partial charge in [0.2, 0.25) is 0 Å². The first-order valence-electron chi connectivity index (χ1n) is 5.46. The van der Waals surface area contributed by atoms with Crippen LogP contribution in [0.25, 0.3) is 16.9 Å². The van der Waals surface area contributed by atoms with Crippen LogP contribution >= 0.6 is 0 Å². The molecular weight excluding hydrogens is 228 g/mol. The van der Waals surface area contributed by atoms with E-state index >= 15 is 0 Å². The Bertz CT molecular complexity index is 718. The third-order valence-electron chi connectivity index (χ3n) is 2.65. The summed E-state index contributed by atoms with van der Waals surface area (Å²) in [6, 6.07) is 13.2. The van der Waals surface area contributed by atoms with E-state index in [0.29, 0.717) is 5.65 Å². The van der Waals surface area contributed by atoms with Gasteiger partial charge in [-0.3, -0.25) is 4.79 Å². The Morgan fingerprint density at radius 2 is 1.94 bits per heavy atom. The van der Waals surface area contributed by atoms with Crippen molar-refractivity contribution >= 4 is 11.6 Å². The van der Waals surface area contributed by atoms with Gasteiger partial charge in [-0.05, 0) is 6.07 Å². The van der Waals surface area contributed by atoms with Crippen LogP contribution < -0.4 is 5.73 Å². The van der Waals surface area contributed by atoms with Crippen LogP contribution in [0.5, 0.6) is 0 Å². The number of hydrogen-bond acceptors (Lipinski definition) is 3. The Morgan fingerprint density at radius 3 is 2.67 bits per heavy atom. The van der Waals surface area contributed by atoms with E-state index in [9.17, 15) is 4.79 Å². The lowest BCUT2D eigenvalue weighted by Gasteiger charge is -1.94. The molecule has 2 heterocycles. The van der Waals surface area contributed by atoms with Gasteiger partial charge in [0.1, 0.15) is 5.69 Å². The number of benzene rings is 1. The summed E-state index contributed by atoms with van der Waals surface area (Å²) in [5.41, 5.74) is 7.84. The molecule has 0 aliphatic heterocycles. The molecular formula is C13H10N4O. The Hall–Kier alpha value is -2.69. The number of fused-ring (bicyclic) bond motifs is 1. The van der Waals surface area contributed by atoms with Crippen LogP contribution in [0.1, 0.15) is 10.5 Å². The van der Waals surface area contributed by atoms with Crippen molar-refractivity contribution in [1.82, 2.24) is 14.6 Å². The molecule has 0 aliphatic carbocycles. The fourth-order valence-electron chi connectivity index (χ4n) is 1.77. The third-order valence-corrected chi connectivity index (χ3v) is 2.65. The van der Waals surface area contributed by atoms with Gasteiger partial charge < -0.3 is 5.73 Å². The van der Waals surface area contributed by atoms with Gasteiger partial charge in [0, 0.05) is 17.8 Å². The molecule has 5 nitrogen and oxygen atoms in total. The van der Waals surface area contributed by atoms with Crippen LogP contribution in [0.4, 0.5) is 0 Å². The number of hydrogen-bond donors (Lipinski definition) is 1. The lowest BCUT2D eigenvalue weighted by atomic mass is 10.2. The smallest absolute Gasteiger partial charge is 0.267 e. The van der Waals surface area contributed by atoms with Crippen molar-refractivity contribution in [2.45, 2.75) is 0 Å². The molecule has 0 atom stereocenters. The van der Waals surface area contributed by atoms with E-state index in [4.69, 9.17) is 5.73 Å². The summed E-state index contributed by atoms with van der Waals surface area (Å²) >= 11 is 0. The molecule has 1 aromatic carbocycles. The van der Waals surface area contributed by atoms with Crippen molar-refractivity contribution in [3.05, 3.63) is 54.4 Å². The highest BCUT2D eigenvalue weighted by molar-refractivity contribution is 5.91. The molecule has 18 heavy (non-hydrogen) atoms. The summed E-state index contributed by atoms with van der Waals surface area (Å²) in [5, 5.41) is 4.39. The van der Waals surface area contributed by atoms with Gasteiger partial charge in [0.25, 0.3) is 5.91 Å². The molecule has 0 aliphatic rings. The summed E-state index contributed by atoms with van der Waals surface area (Å²) in [4.78, 5) is 15.2. The summed E-state index contributed by atoms with van der Waals surface area (Å²) in [5.74, 6) is -0.542. The lowest BCUT2D eigenvalue weighted by molar-refractivity contribution is 0.0995. The van der Waals surface area contributed by atoms with Gasteiger partial charge in [-0.25, -0.2) is 9.50 Å². The molecule has 0 spiro atoms. The monoisotopic (exact) mass is 238 g/mol. The van der Waals surface area contributed by atoms with Crippen molar-refractivity contribution in [2.75, 3.05) is 0 Å². The maximum atomic E-state index is 11.1. The normalized spacial score (nSPS) is 10.7. The van der Waals surface area contributed by atoms with E-state index in [0.717, 1.165) is 11.3 Å². The van der Waals surface area contributed by atoms with Gasteiger partial charge in [0.05, 0.1) is 5.69 Å². The van der Waals surface area contributed by atoms with Crippen LogP contribution in [-0.2, 0) is 0 Å². The van der Waals surface area contributed by atoms with E-state index in [-0.39, 0.29) is 5.69 Å². The molecule has 5 heteroatoms. The van der Waals surface area contributed by atoms with Crippen molar-refractivity contribution < 1.29 is 4.79 Å². The van der Waals surface area contributed by atoms with Crippen LogP contribution in [0, 0.1) is 0 Å². The third kappa shape index (κ3) is 1.71. The van der Waals surface area contributed by atoms with Crippen molar-refractivity contribution in [3.8, 4) is 11.3 Å². The highest BCUT2D eigenvalue weighted by Gasteiger charge is 2.07. The quantitative estimate of drug-likeness (QED) is 0.735. The molecule has 2 N–H and O–H groups in total. The van der Waals surface area contributed by atoms with Crippen molar-refractivity contribution in [2.24, 2.45) is 5.73 Å². The zero-order chi connectivity index (χ0) is 12.5. The van der Waals surface area contributed by atoms with E-state index in [1.54, 1.807) is 16.8 Å². The second-order valence-corrected chi connectivity index (χ2v) is 3.88. The second-order valence-electron chi connectivity index (χ2n) is 3.88. The Morgan fingerprint density at radius 1 is 1.17 bits per heavy atom. The molecule has 0 saturated heterocycles. The maximum Gasteiger partial charge on any atom is 0.267 e. The van der Waals surface area contributed by atoms with E-state index < -0.39 is 5.91 Å². The van der Waals surface area contributed by atoms with Crippen LogP contribution in [0.3, 0.4) is 0 Å². The first kappa shape index (κ1) is 10.5. The molecule has 0 fully saturated rings. The predicted molar refractivity (Wildman–Crippen MR) is 66.9 cm³/mol. The first-order valence-corrected chi connectivity index (χ1v) is 5.46. The van der Waals surface area contributed by atoms with Gasteiger partial charge >= 0.3 is 0 Å². The molecule has 0 unspecified atom stereocenters. The predicted octanol–water partition coefficient (Wildman–Crippen LogP) is 1.50. The molecule has 3 rings (SSSR count). The summed E-state index contributed by atoms with van der Waals surface area (Å²) in [7, 11) is 0. The van der Waals surface area contributed by atoms with Crippen molar-refractivity contribution in [3.63, 3.8) is 0 Å². The number of aromatic nitrogens is 3. The summed E-state index contributed by atoms with van der Waals surface area (Å²) in [6.45, 7) is 0. The van der Waals surface area contributed by atoms with E-state index in [2.05, 4.69) is 10.1 Å². The molecule has 0 saturated carbocycles. The van der Waals surface area contributed by atoms with Gasteiger partial charge in [-0.15, -0.1) is 0 Å². The minimum Gasteiger partial charge on any atom is -0.364 e. The zero-order valence-electron chi connectivity index (χ0n) is 9.45. The molecule has 2 aromatic heterocycles. The summed E-state index contributed by atoms with van der Waals surface area (Å²) in [6.07, 6.45) is 1.68. The zero-order valence-corrected chi connectivity index (χ0v) is 9.45. The Labute approximate surface area is 103 Å². The number of carbonyl (C=O) groups is 1. The average Bonchev–Trinajstić information content (AvgIpc) is 2.82. The van der Waals surface area contributed by atoms with Gasteiger partial charge in [0.15, 0.2) is 5.65 Å². The molecule has 1 amide bonds. The average molecular weight is 238 g/mol. The Balaban J connectivity index is 2.14. The Kier molecular flexibility index (Phi) is 2.30.